The molecule has 0 bridgehead atoms. The summed E-state index contributed by atoms with van der Waals surface area (Å²) >= 11 is 0. The van der Waals surface area contributed by atoms with Crippen molar-refractivity contribution in [2.24, 2.45) is 5.92 Å². The smallest absolute Gasteiger partial charge is 0.384 e. The molecular weight excluding hydrogens is 265 g/mol. The molecule has 0 amide bonds. The van der Waals surface area contributed by atoms with Crippen molar-refractivity contribution < 1.29 is 13.2 Å². The molecule has 5 heteroatoms. The Morgan fingerprint density at radius 2 is 1.85 bits per heavy atom. The summed E-state index contributed by atoms with van der Waals surface area (Å²) in [5.41, 5.74) is 2.28. The zero-order valence-electron chi connectivity index (χ0n) is 11.7. The molecule has 0 aromatic heterocycles. The van der Waals surface area contributed by atoms with Crippen LogP contribution in [0.2, 0.25) is 0 Å². The molecule has 1 saturated heterocycles. The van der Waals surface area contributed by atoms with Gasteiger partial charge in [0.15, 0.2) is 0 Å². The van der Waals surface area contributed by atoms with Gasteiger partial charge >= 0.3 is 6.18 Å². The van der Waals surface area contributed by atoms with Crippen LogP contribution in [0.25, 0.3) is 0 Å². The van der Waals surface area contributed by atoms with E-state index >= 15 is 0 Å². The number of hydrogen-bond acceptors (Lipinski definition) is 2. The Balaban J connectivity index is 1.71. The van der Waals surface area contributed by atoms with Crippen molar-refractivity contribution in [3.05, 3.63) is 29.8 Å². The van der Waals surface area contributed by atoms with Gasteiger partial charge in [0, 0.05) is 18.8 Å². The fraction of sp³-hybridized carbons (Fsp3) is 0.600. The first-order valence-corrected chi connectivity index (χ1v) is 7.05. The number of aryl methyl sites for hydroxylation is 1. The minimum absolute atomic E-state index is 0.230. The van der Waals surface area contributed by atoms with E-state index in [1.165, 1.54) is 5.56 Å². The second-order valence-electron chi connectivity index (χ2n) is 5.40. The topological polar surface area (TPSA) is 15.3 Å². The molecule has 20 heavy (non-hydrogen) atoms. The molecule has 0 spiro atoms. The van der Waals surface area contributed by atoms with Crippen LogP contribution < -0.4 is 5.32 Å². The quantitative estimate of drug-likeness (QED) is 0.908. The maximum Gasteiger partial charge on any atom is 0.391 e. The summed E-state index contributed by atoms with van der Waals surface area (Å²) in [7, 11) is 0. The number of piperidine rings is 1. The molecule has 2 nitrogen and oxygen atoms in total. The van der Waals surface area contributed by atoms with E-state index in [-0.39, 0.29) is 12.8 Å². The molecule has 0 aliphatic carbocycles. The number of nitrogens with one attached hydrogen (secondary N) is 1. The van der Waals surface area contributed by atoms with Gasteiger partial charge in [-0.2, -0.15) is 13.2 Å². The van der Waals surface area contributed by atoms with Crippen LogP contribution in [0.1, 0.15) is 18.4 Å². The maximum atomic E-state index is 12.6. The van der Waals surface area contributed by atoms with Crippen LogP contribution in [0, 0.1) is 12.8 Å². The number of para-hydroxylation sites is 1. The lowest BCUT2D eigenvalue weighted by atomic mass is 9.96. The van der Waals surface area contributed by atoms with E-state index in [2.05, 4.69) is 10.2 Å². The van der Waals surface area contributed by atoms with Crippen molar-refractivity contribution in [1.82, 2.24) is 4.90 Å². The summed E-state index contributed by atoms with van der Waals surface area (Å²) in [6, 6.07) is 8.02. The normalized spacial score (nSPS) is 18.2. The number of hydrogen-bond donors (Lipinski definition) is 1. The van der Waals surface area contributed by atoms with Gasteiger partial charge in [-0.05, 0) is 44.5 Å². The Morgan fingerprint density at radius 1 is 1.20 bits per heavy atom. The van der Waals surface area contributed by atoms with Gasteiger partial charge in [0.1, 0.15) is 0 Å². The summed E-state index contributed by atoms with van der Waals surface area (Å²) in [6.07, 6.45) is -3.56. The van der Waals surface area contributed by atoms with Crippen molar-refractivity contribution in [2.75, 3.05) is 31.5 Å². The highest BCUT2D eigenvalue weighted by atomic mass is 19.4. The van der Waals surface area contributed by atoms with Gasteiger partial charge in [-0.15, -0.1) is 0 Å². The zero-order chi connectivity index (χ0) is 14.6. The third kappa shape index (κ3) is 4.13. The maximum absolute atomic E-state index is 12.6. The van der Waals surface area contributed by atoms with Gasteiger partial charge in [-0.1, -0.05) is 18.2 Å². The van der Waals surface area contributed by atoms with Crippen molar-refractivity contribution in [1.29, 1.82) is 0 Å². The average Bonchev–Trinajstić information content (AvgIpc) is 2.40. The molecule has 1 aromatic rings. The predicted molar refractivity (Wildman–Crippen MR) is 74.9 cm³/mol. The first kappa shape index (κ1) is 15.2. The van der Waals surface area contributed by atoms with E-state index < -0.39 is 12.1 Å². The number of alkyl halides is 3. The van der Waals surface area contributed by atoms with E-state index in [9.17, 15) is 13.2 Å². The fourth-order valence-corrected chi connectivity index (χ4v) is 2.60. The highest BCUT2D eigenvalue weighted by molar-refractivity contribution is 5.50. The molecule has 1 aliphatic rings. The van der Waals surface area contributed by atoms with Crippen LogP contribution >= 0.6 is 0 Å². The summed E-state index contributed by atoms with van der Waals surface area (Å²) in [5.74, 6) is -1.11. The highest BCUT2D eigenvalue weighted by Gasteiger charge is 2.40. The van der Waals surface area contributed by atoms with Crippen LogP contribution in [0.3, 0.4) is 0 Å². The fourth-order valence-electron chi connectivity index (χ4n) is 2.60. The lowest BCUT2D eigenvalue weighted by molar-refractivity contribution is -0.184. The second-order valence-corrected chi connectivity index (χ2v) is 5.40. The van der Waals surface area contributed by atoms with E-state index in [0.29, 0.717) is 13.1 Å². The predicted octanol–water partition coefficient (Wildman–Crippen LogP) is 3.68. The third-order valence-electron chi connectivity index (χ3n) is 3.94. The molecule has 0 unspecified atom stereocenters. The first-order valence-electron chi connectivity index (χ1n) is 7.05. The molecule has 1 aliphatic heterocycles. The van der Waals surface area contributed by atoms with Gasteiger partial charge < -0.3 is 10.2 Å². The van der Waals surface area contributed by atoms with Crippen LogP contribution in [-0.4, -0.2) is 37.3 Å². The minimum atomic E-state index is -4.02. The largest absolute Gasteiger partial charge is 0.391 e. The number of anilines is 1. The van der Waals surface area contributed by atoms with Crippen molar-refractivity contribution in [3.63, 3.8) is 0 Å². The van der Waals surface area contributed by atoms with Crippen LogP contribution in [0.15, 0.2) is 24.3 Å². The van der Waals surface area contributed by atoms with E-state index in [4.69, 9.17) is 0 Å². The Kier molecular flexibility index (Phi) is 4.91. The van der Waals surface area contributed by atoms with Crippen molar-refractivity contribution in [3.8, 4) is 0 Å². The standard InChI is InChI=1S/C15H21F3N2/c1-12-4-2-3-5-14(12)19-8-11-20-9-6-13(7-10-20)15(16,17)18/h2-5,13,19H,6-11H2,1H3. The second kappa shape index (κ2) is 6.48. The lowest BCUT2D eigenvalue weighted by Crippen LogP contribution is -2.40. The van der Waals surface area contributed by atoms with Gasteiger partial charge in [0.2, 0.25) is 0 Å². The van der Waals surface area contributed by atoms with Crippen molar-refractivity contribution >= 4 is 5.69 Å². The van der Waals surface area contributed by atoms with Crippen LogP contribution in [-0.2, 0) is 0 Å². The van der Waals surface area contributed by atoms with Gasteiger partial charge in [0.05, 0.1) is 5.92 Å². The minimum Gasteiger partial charge on any atom is -0.384 e. The number of rotatable bonds is 4. The molecule has 2 rings (SSSR count). The highest BCUT2D eigenvalue weighted by Crippen LogP contribution is 2.33. The SMILES string of the molecule is Cc1ccccc1NCCN1CCC(C(F)(F)F)CC1. The lowest BCUT2D eigenvalue weighted by Gasteiger charge is -2.32. The Labute approximate surface area is 118 Å². The molecule has 112 valence electrons. The van der Waals surface area contributed by atoms with Crippen LogP contribution in [0.4, 0.5) is 18.9 Å². The number of likely N-dealkylation sites (tertiary alicyclic amines) is 1. The van der Waals surface area contributed by atoms with Crippen molar-refractivity contribution in [2.45, 2.75) is 25.9 Å². The molecule has 1 heterocycles. The van der Waals surface area contributed by atoms with E-state index in [0.717, 1.165) is 18.8 Å². The summed E-state index contributed by atoms with van der Waals surface area (Å²) in [4.78, 5) is 2.10. The van der Waals surface area contributed by atoms with Crippen LogP contribution in [0.5, 0.6) is 0 Å². The molecule has 0 radical (unpaired) electrons. The average molecular weight is 286 g/mol. The molecule has 1 fully saturated rings. The molecule has 1 aromatic carbocycles. The summed E-state index contributed by atoms with van der Waals surface area (Å²) in [5, 5.41) is 3.34. The molecular formula is C15H21F3N2. The molecule has 1 N–H and O–H groups in total. The molecule has 0 atom stereocenters. The summed E-state index contributed by atoms with van der Waals surface area (Å²) in [6.45, 7) is 4.68. The molecule has 0 saturated carbocycles. The zero-order valence-corrected chi connectivity index (χ0v) is 11.7. The Hall–Kier alpha value is -1.23. The third-order valence-corrected chi connectivity index (χ3v) is 3.94. The van der Waals surface area contributed by atoms with Gasteiger partial charge in [-0.3, -0.25) is 0 Å². The monoisotopic (exact) mass is 286 g/mol. The van der Waals surface area contributed by atoms with Gasteiger partial charge in [-0.25, -0.2) is 0 Å². The number of halogens is 3. The Morgan fingerprint density at radius 3 is 2.45 bits per heavy atom. The van der Waals surface area contributed by atoms with E-state index in [1.807, 2.05) is 31.2 Å². The Bertz CT molecular complexity index is 423. The first-order chi connectivity index (χ1) is 9.47. The number of benzene rings is 1. The van der Waals surface area contributed by atoms with Gasteiger partial charge in [0.25, 0.3) is 0 Å². The van der Waals surface area contributed by atoms with E-state index in [1.54, 1.807) is 0 Å². The number of nitrogens with zero attached hydrogens (tertiary/aromatic N) is 1. The summed E-state index contributed by atoms with van der Waals surface area (Å²) < 4.78 is 37.7.